The van der Waals surface area contributed by atoms with Crippen molar-refractivity contribution in [1.29, 1.82) is 0 Å². The SMILES string of the molecule is CCn1cc2cc(C(=O)C[C@@H]3CCCN(c4cnc(C(N)=O)c(Nc5cc(C)ns5)n4)C3)ccc2n1. The van der Waals surface area contributed by atoms with Crippen LogP contribution in [0.2, 0.25) is 0 Å². The lowest BCUT2D eigenvalue weighted by molar-refractivity contribution is 0.0955. The summed E-state index contributed by atoms with van der Waals surface area (Å²) in [7, 11) is 0. The van der Waals surface area contributed by atoms with E-state index in [-0.39, 0.29) is 17.4 Å². The molecule has 4 heterocycles. The Hall–Kier alpha value is -3.86. The van der Waals surface area contributed by atoms with Gasteiger partial charge in [0.2, 0.25) is 0 Å². The molecule has 1 aliphatic rings. The molecule has 4 aromatic rings. The van der Waals surface area contributed by atoms with Crippen LogP contribution in [-0.4, -0.2) is 48.9 Å². The normalized spacial score (nSPS) is 15.8. The number of nitrogens with two attached hydrogens (primary N) is 1. The Balaban J connectivity index is 1.31. The van der Waals surface area contributed by atoms with Gasteiger partial charge in [-0.05, 0) is 68.4 Å². The molecule has 0 radical (unpaired) electrons. The van der Waals surface area contributed by atoms with Crippen molar-refractivity contribution in [2.24, 2.45) is 11.7 Å². The first-order valence-electron chi connectivity index (χ1n) is 12.0. The number of carbonyl (C=O) groups excluding carboxylic acids is 2. The van der Waals surface area contributed by atoms with Crippen LogP contribution in [0.5, 0.6) is 0 Å². The second-order valence-corrected chi connectivity index (χ2v) is 9.89. The van der Waals surface area contributed by atoms with Crippen molar-refractivity contribution in [3.63, 3.8) is 0 Å². The molecule has 1 saturated heterocycles. The number of Topliss-reactive ketones (excluding diaryl/α,β-unsaturated/α-hetero) is 1. The van der Waals surface area contributed by atoms with Gasteiger partial charge < -0.3 is 16.0 Å². The molecule has 5 rings (SSSR count). The number of rotatable bonds is 8. The highest BCUT2D eigenvalue weighted by Gasteiger charge is 2.25. The molecule has 1 amide bonds. The van der Waals surface area contributed by atoms with Gasteiger partial charge in [-0.15, -0.1) is 0 Å². The number of piperidine rings is 1. The van der Waals surface area contributed by atoms with E-state index in [1.165, 1.54) is 11.5 Å². The van der Waals surface area contributed by atoms with Gasteiger partial charge in [-0.2, -0.15) is 9.47 Å². The second-order valence-electron chi connectivity index (χ2n) is 9.09. The van der Waals surface area contributed by atoms with Crippen LogP contribution in [0.15, 0.2) is 36.7 Å². The summed E-state index contributed by atoms with van der Waals surface area (Å²) in [6, 6.07) is 7.59. The van der Waals surface area contributed by atoms with Crippen LogP contribution in [0.4, 0.5) is 16.6 Å². The number of aromatic nitrogens is 5. The number of carbonyl (C=O) groups is 2. The van der Waals surface area contributed by atoms with E-state index < -0.39 is 5.91 Å². The fourth-order valence-electron chi connectivity index (χ4n) is 4.57. The maximum absolute atomic E-state index is 13.1. The summed E-state index contributed by atoms with van der Waals surface area (Å²) >= 11 is 1.28. The molecule has 3 N–H and O–H groups in total. The third kappa shape index (κ3) is 5.06. The maximum atomic E-state index is 13.1. The third-order valence-electron chi connectivity index (χ3n) is 6.38. The molecule has 0 spiro atoms. The summed E-state index contributed by atoms with van der Waals surface area (Å²) in [5.74, 6) is 0.628. The highest BCUT2D eigenvalue weighted by Crippen LogP contribution is 2.28. The number of nitrogens with one attached hydrogen (secondary N) is 1. The number of ketones is 1. The van der Waals surface area contributed by atoms with Crippen LogP contribution in [0, 0.1) is 12.8 Å². The summed E-state index contributed by atoms with van der Waals surface area (Å²) in [5, 5.41) is 9.36. The number of nitrogens with zero attached hydrogens (tertiary/aromatic N) is 6. The van der Waals surface area contributed by atoms with Crippen molar-refractivity contribution in [1.82, 2.24) is 24.1 Å². The first-order chi connectivity index (χ1) is 17.4. The lowest BCUT2D eigenvalue weighted by Gasteiger charge is -2.33. The smallest absolute Gasteiger partial charge is 0.271 e. The molecule has 0 aliphatic carbocycles. The van der Waals surface area contributed by atoms with Gasteiger partial charge in [0, 0.05) is 43.2 Å². The predicted octanol–water partition coefficient (Wildman–Crippen LogP) is 3.94. The van der Waals surface area contributed by atoms with Crippen LogP contribution >= 0.6 is 11.5 Å². The van der Waals surface area contributed by atoms with E-state index in [0.717, 1.165) is 47.5 Å². The Bertz CT molecular complexity index is 1430. The zero-order chi connectivity index (χ0) is 25.2. The summed E-state index contributed by atoms with van der Waals surface area (Å²) in [5.41, 5.74) is 8.09. The number of fused-ring (bicyclic) bond motifs is 1. The van der Waals surface area contributed by atoms with Gasteiger partial charge >= 0.3 is 0 Å². The fourth-order valence-corrected chi connectivity index (χ4v) is 5.23. The zero-order valence-electron chi connectivity index (χ0n) is 20.3. The first kappa shape index (κ1) is 23.9. The fraction of sp³-hybridized carbons (Fsp3) is 0.360. The highest BCUT2D eigenvalue weighted by atomic mass is 32.1. The predicted molar refractivity (Wildman–Crippen MR) is 140 cm³/mol. The van der Waals surface area contributed by atoms with Gasteiger partial charge in [-0.1, -0.05) is 0 Å². The molecule has 10 nitrogen and oxygen atoms in total. The van der Waals surface area contributed by atoms with E-state index in [2.05, 4.69) is 29.7 Å². The Labute approximate surface area is 212 Å². The molecular formula is C25H28N8O2S. The van der Waals surface area contributed by atoms with Gasteiger partial charge in [0.05, 0.1) is 17.4 Å². The summed E-state index contributed by atoms with van der Waals surface area (Å²) < 4.78 is 6.13. The van der Waals surface area contributed by atoms with Crippen molar-refractivity contribution in [2.75, 3.05) is 23.3 Å². The van der Waals surface area contributed by atoms with Gasteiger partial charge in [0.15, 0.2) is 17.3 Å². The largest absolute Gasteiger partial charge is 0.364 e. The maximum Gasteiger partial charge on any atom is 0.271 e. The second kappa shape index (κ2) is 10.0. The molecule has 0 saturated carbocycles. The molecule has 11 heteroatoms. The van der Waals surface area contributed by atoms with Gasteiger partial charge in [0.25, 0.3) is 5.91 Å². The molecule has 1 aromatic carbocycles. The van der Waals surface area contributed by atoms with Crippen molar-refractivity contribution in [3.05, 3.63) is 53.6 Å². The summed E-state index contributed by atoms with van der Waals surface area (Å²) in [4.78, 5) is 36.1. The highest BCUT2D eigenvalue weighted by molar-refractivity contribution is 7.10. The summed E-state index contributed by atoms with van der Waals surface area (Å²) in [6.07, 6.45) is 5.92. The van der Waals surface area contributed by atoms with Crippen molar-refractivity contribution >= 4 is 50.8 Å². The van der Waals surface area contributed by atoms with E-state index in [0.29, 0.717) is 30.2 Å². The molecule has 36 heavy (non-hydrogen) atoms. The lowest BCUT2D eigenvalue weighted by Crippen LogP contribution is -2.37. The molecule has 1 aliphatic heterocycles. The molecule has 0 bridgehead atoms. The van der Waals surface area contributed by atoms with E-state index in [9.17, 15) is 9.59 Å². The quantitative estimate of drug-likeness (QED) is 0.345. The third-order valence-corrected chi connectivity index (χ3v) is 7.17. The first-order valence-corrected chi connectivity index (χ1v) is 12.8. The van der Waals surface area contributed by atoms with E-state index >= 15 is 0 Å². The molecular weight excluding hydrogens is 476 g/mol. The monoisotopic (exact) mass is 504 g/mol. The zero-order valence-corrected chi connectivity index (χ0v) is 21.1. The van der Waals surface area contributed by atoms with Crippen molar-refractivity contribution in [3.8, 4) is 0 Å². The van der Waals surface area contributed by atoms with Crippen LogP contribution in [0.1, 0.15) is 52.7 Å². The number of amides is 1. The van der Waals surface area contributed by atoms with Crippen molar-refractivity contribution < 1.29 is 9.59 Å². The lowest BCUT2D eigenvalue weighted by atomic mass is 9.90. The number of hydrogen-bond acceptors (Lipinski definition) is 9. The molecule has 186 valence electrons. The van der Waals surface area contributed by atoms with Crippen LogP contribution in [0.25, 0.3) is 10.9 Å². The van der Waals surface area contributed by atoms with E-state index in [4.69, 9.17) is 5.73 Å². The minimum Gasteiger partial charge on any atom is -0.364 e. The van der Waals surface area contributed by atoms with Crippen LogP contribution < -0.4 is 16.0 Å². The van der Waals surface area contributed by atoms with E-state index in [1.54, 1.807) is 6.20 Å². The molecule has 1 fully saturated rings. The number of benzene rings is 1. The number of primary amides is 1. The average Bonchev–Trinajstić information content (AvgIpc) is 3.48. The molecule has 1 atom stereocenters. The van der Waals surface area contributed by atoms with Gasteiger partial charge in [-0.25, -0.2) is 9.97 Å². The Morgan fingerprint density at radius 1 is 1.28 bits per heavy atom. The molecule has 3 aromatic heterocycles. The van der Waals surface area contributed by atoms with Crippen molar-refractivity contribution in [2.45, 2.75) is 39.7 Å². The van der Waals surface area contributed by atoms with Crippen LogP contribution in [0.3, 0.4) is 0 Å². The van der Waals surface area contributed by atoms with Gasteiger partial charge in [-0.3, -0.25) is 14.3 Å². The number of hydrogen-bond donors (Lipinski definition) is 2. The minimum absolute atomic E-state index is 0.0790. The van der Waals surface area contributed by atoms with Crippen LogP contribution in [-0.2, 0) is 6.54 Å². The standard InChI is InChI=1S/C25H28N8O2S/c1-3-33-14-18-11-17(6-7-19(18)30-33)20(34)10-16-5-4-8-32(13-16)21-12-27-23(24(26)35)25(28-21)29-22-9-15(2)31-36-22/h6-7,9,11-12,14,16H,3-5,8,10,13H2,1-2H3,(H2,26,35)(H,28,29)/t16-/m0/s1. The topological polar surface area (TPSA) is 132 Å². The Morgan fingerprint density at radius 3 is 2.89 bits per heavy atom. The number of anilines is 3. The number of aryl methyl sites for hydroxylation is 2. The Morgan fingerprint density at radius 2 is 2.14 bits per heavy atom. The van der Waals surface area contributed by atoms with E-state index in [1.807, 2.05) is 49.0 Å². The minimum atomic E-state index is -0.652. The molecule has 0 unspecified atom stereocenters. The Kier molecular flexibility index (Phi) is 6.64. The van der Waals surface area contributed by atoms with Gasteiger partial charge in [0.1, 0.15) is 10.8 Å². The average molecular weight is 505 g/mol. The summed E-state index contributed by atoms with van der Waals surface area (Å²) in [6.45, 7) is 6.21.